The lowest BCUT2D eigenvalue weighted by Crippen LogP contribution is -2.42. The molecule has 3 rings (SSSR count). The van der Waals surface area contributed by atoms with E-state index in [1.807, 2.05) is 0 Å². The summed E-state index contributed by atoms with van der Waals surface area (Å²) < 4.78 is 42.1. The Morgan fingerprint density at radius 1 is 1.11 bits per heavy atom. The van der Waals surface area contributed by atoms with E-state index in [1.165, 1.54) is 31.3 Å². The van der Waals surface area contributed by atoms with E-state index in [0.717, 1.165) is 23.3 Å². The van der Waals surface area contributed by atoms with Gasteiger partial charge in [0.2, 0.25) is 5.60 Å². The summed E-state index contributed by atoms with van der Waals surface area (Å²) in [5.41, 5.74) is 0.0577. The fourth-order valence-electron chi connectivity index (χ4n) is 2.73. The molecule has 0 aliphatic carbocycles. The lowest BCUT2D eigenvalue weighted by atomic mass is 9.91. The number of hydrogen-bond acceptors (Lipinski definition) is 5. The number of anilines is 1. The van der Waals surface area contributed by atoms with Crippen molar-refractivity contribution < 1.29 is 22.9 Å². The molecule has 1 heterocycles. The molecule has 0 aromatic heterocycles. The van der Waals surface area contributed by atoms with Crippen LogP contribution in [0.1, 0.15) is 11.1 Å². The van der Waals surface area contributed by atoms with Crippen LogP contribution in [0, 0.1) is 0 Å². The molecule has 1 unspecified atom stereocenters. The topological polar surface area (TPSA) is 59.8 Å². The zero-order chi connectivity index (χ0) is 20.7. The summed E-state index contributed by atoms with van der Waals surface area (Å²) in [6.45, 7) is 0. The predicted molar refractivity (Wildman–Crippen MR) is 102 cm³/mol. The average molecular weight is 455 g/mol. The summed E-state index contributed by atoms with van der Waals surface area (Å²) in [5, 5.41) is 1.55. The normalized spacial score (nSPS) is 19.4. The van der Waals surface area contributed by atoms with Crippen molar-refractivity contribution in [2.45, 2.75) is 11.8 Å². The SMILES string of the molecule is CN(ON)c1cc(C2=CC(c3cc(Cl)cc(Cl)c3)(C(F)(F)F)ON2)ccc1Cl. The molecule has 1 aliphatic rings. The maximum atomic E-state index is 14.0. The van der Waals surface area contributed by atoms with Crippen molar-refractivity contribution in [3.05, 3.63) is 68.7 Å². The van der Waals surface area contributed by atoms with Crippen molar-refractivity contribution in [1.82, 2.24) is 5.48 Å². The number of halogens is 6. The first-order chi connectivity index (χ1) is 13.1. The maximum Gasteiger partial charge on any atom is 0.428 e. The Hall–Kier alpha value is -1.68. The van der Waals surface area contributed by atoms with Crippen molar-refractivity contribution in [3.63, 3.8) is 0 Å². The van der Waals surface area contributed by atoms with Gasteiger partial charge in [0.1, 0.15) is 0 Å². The number of nitrogens with zero attached hydrogens (tertiary/aromatic N) is 1. The fraction of sp³-hybridized carbons (Fsp3) is 0.176. The summed E-state index contributed by atoms with van der Waals surface area (Å²) in [4.78, 5) is 9.63. The third-order valence-electron chi connectivity index (χ3n) is 4.14. The van der Waals surface area contributed by atoms with Crippen LogP contribution in [-0.2, 0) is 15.4 Å². The minimum atomic E-state index is -4.80. The Kier molecular flexibility index (Phi) is 5.73. The first-order valence-electron chi connectivity index (χ1n) is 7.68. The van der Waals surface area contributed by atoms with Crippen LogP contribution in [0.3, 0.4) is 0 Å². The van der Waals surface area contributed by atoms with Gasteiger partial charge < -0.3 is 0 Å². The molecule has 2 aromatic rings. The molecule has 0 radical (unpaired) electrons. The van der Waals surface area contributed by atoms with Crippen LogP contribution in [0.15, 0.2) is 42.5 Å². The quantitative estimate of drug-likeness (QED) is 0.620. The minimum Gasteiger partial charge on any atom is -0.265 e. The molecule has 3 N–H and O–H groups in total. The second kappa shape index (κ2) is 7.62. The van der Waals surface area contributed by atoms with Gasteiger partial charge in [-0.3, -0.25) is 10.3 Å². The number of nitrogens with one attached hydrogen (secondary N) is 1. The Morgan fingerprint density at radius 3 is 2.32 bits per heavy atom. The predicted octanol–water partition coefficient (Wildman–Crippen LogP) is 5.22. The monoisotopic (exact) mass is 453 g/mol. The summed E-state index contributed by atoms with van der Waals surface area (Å²) in [6.07, 6.45) is -3.90. The Balaban J connectivity index is 2.12. The maximum absolute atomic E-state index is 14.0. The number of rotatable bonds is 4. The van der Waals surface area contributed by atoms with Crippen LogP contribution in [0.2, 0.25) is 15.1 Å². The molecule has 0 bridgehead atoms. The van der Waals surface area contributed by atoms with Gasteiger partial charge in [-0.2, -0.15) is 24.0 Å². The molecular formula is C17H13Cl3F3N3O2. The number of hydrogen-bond donors (Lipinski definition) is 2. The Morgan fingerprint density at radius 2 is 1.75 bits per heavy atom. The van der Waals surface area contributed by atoms with Crippen LogP contribution in [0.25, 0.3) is 5.70 Å². The average Bonchev–Trinajstić information content (AvgIpc) is 3.07. The smallest absolute Gasteiger partial charge is 0.265 e. The molecule has 0 amide bonds. The molecule has 0 saturated heterocycles. The molecule has 2 aromatic carbocycles. The highest BCUT2D eigenvalue weighted by Gasteiger charge is 2.59. The van der Waals surface area contributed by atoms with Crippen LogP contribution in [0.4, 0.5) is 18.9 Å². The first-order valence-corrected chi connectivity index (χ1v) is 8.81. The second-order valence-electron chi connectivity index (χ2n) is 5.92. The van der Waals surface area contributed by atoms with E-state index in [-0.39, 0.29) is 21.3 Å². The second-order valence-corrected chi connectivity index (χ2v) is 7.20. The number of benzene rings is 2. The van der Waals surface area contributed by atoms with E-state index in [2.05, 4.69) is 10.4 Å². The van der Waals surface area contributed by atoms with E-state index >= 15 is 0 Å². The van der Waals surface area contributed by atoms with Crippen LogP contribution in [0.5, 0.6) is 0 Å². The number of alkyl halides is 3. The van der Waals surface area contributed by atoms with Crippen LogP contribution in [-0.4, -0.2) is 13.2 Å². The first kappa shape index (κ1) is 21.0. The Labute approximate surface area is 173 Å². The lowest BCUT2D eigenvalue weighted by Gasteiger charge is -2.28. The highest BCUT2D eigenvalue weighted by molar-refractivity contribution is 6.34. The third-order valence-corrected chi connectivity index (χ3v) is 4.89. The van der Waals surface area contributed by atoms with Crippen LogP contribution >= 0.6 is 34.8 Å². The fourth-order valence-corrected chi connectivity index (χ4v) is 3.49. The van der Waals surface area contributed by atoms with E-state index < -0.39 is 11.8 Å². The van der Waals surface area contributed by atoms with Gasteiger partial charge in [0.25, 0.3) is 0 Å². The van der Waals surface area contributed by atoms with E-state index in [0.29, 0.717) is 16.3 Å². The third kappa shape index (κ3) is 3.76. The van der Waals surface area contributed by atoms with Crippen molar-refractivity contribution in [2.75, 3.05) is 12.1 Å². The highest BCUT2D eigenvalue weighted by Crippen LogP contribution is 2.48. The lowest BCUT2D eigenvalue weighted by molar-refractivity contribution is -0.269. The molecular weight excluding hydrogens is 442 g/mol. The van der Waals surface area contributed by atoms with E-state index in [4.69, 9.17) is 45.5 Å². The zero-order valence-corrected chi connectivity index (χ0v) is 16.4. The molecule has 5 nitrogen and oxygen atoms in total. The van der Waals surface area contributed by atoms with Gasteiger partial charge in [-0.05, 0) is 36.4 Å². The molecule has 1 atom stereocenters. The van der Waals surface area contributed by atoms with Crippen molar-refractivity contribution in [2.24, 2.45) is 5.90 Å². The van der Waals surface area contributed by atoms with Gasteiger partial charge in [0.15, 0.2) is 0 Å². The Bertz CT molecular complexity index is 919. The molecule has 0 fully saturated rings. The summed E-state index contributed by atoms with van der Waals surface area (Å²) in [7, 11) is 1.49. The number of nitrogens with two attached hydrogens (primary N) is 1. The summed E-state index contributed by atoms with van der Waals surface area (Å²) in [5.74, 6) is 5.12. The van der Waals surface area contributed by atoms with Crippen molar-refractivity contribution >= 4 is 46.2 Å². The molecule has 11 heteroatoms. The van der Waals surface area contributed by atoms with Gasteiger partial charge >= 0.3 is 6.18 Å². The zero-order valence-electron chi connectivity index (χ0n) is 14.2. The largest absolute Gasteiger partial charge is 0.428 e. The van der Waals surface area contributed by atoms with Gasteiger partial charge in [0.05, 0.1) is 16.4 Å². The van der Waals surface area contributed by atoms with E-state index in [1.54, 1.807) is 0 Å². The van der Waals surface area contributed by atoms with Crippen molar-refractivity contribution in [1.29, 1.82) is 0 Å². The number of hydroxylamine groups is 2. The van der Waals surface area contributed by atoms with E-state index in [9.17, 15) is 13.2 Å². The minimum absolute atomic E-state index is 0.0482. The van der Waals surface area contributed by atoms with Gasteiger partial charge in [0, 0.05) is 28.2 Å². The van der Waals surface area contributed by atoms with Gasteiger partial charge in [-0.1, -0.05) is 40.9 Å². The molecule has 150 valence electrons. The molecule has 1 aliphatic heterocycles. The standard InChI is InChI=1S/C17H13Cl3F3N3O2/c1-26(28-24)15-4-9(2-3-13(15)20)14-8-16(27-25-14,17(21,22)23)10-5-11(18)7-12(19)6-10/h2-8,25H,24H2,1H3. The molecule has 0 spiro atoms. The highest BCUT2D eigenvalue weighted by atomic mass is 35.5. The van der Waals surface area contributed by atoms with Crippen LogP contribution < -0.4 is 16.4 Å². The van der Waals surface area contributed by atoms with Gasteiger partial charge in [-0.25, -0.2) is 5.06 Å². The molecule has 28 heavy (non-hydrogen) atoms. The summed E-state index contributed by atoms with van der Waals surface area (Å²) in [6, 6.07) is 8.13. The van der Waals surface area contributed by atoms with Gasteiger partial charge in [-0.15, -0.1) is 0 Å². The van der Waals surface area contributed by atoms with Crippen molar-refractivity contribution in [3.8, 4) is 0 Å². The molecule has 0 saturated carbocycles. The summed E-state index contributed by atoms with van der Waals surface area (Å²) >= 11 is 17.9.